The lowest BCUT2D eigenvalue weighted by atomic mass is 9.97. The average molecular weight is 287 g/mol. The van der Waals surface area contributed by atoms with Crippen molar-refractivity contribution < 1.29 is 0 Å². The van der Waals surface area contributed by atoms with Crippen molar-refractivity contribution in [1.29, 1.82) is 0 Å². The van der Waals surface area contributed by atoms with Crippen LogP contribution in [0.15, 0.2) is 60.7 Å². The van der Waals surface area contributed by atoms with Crippen molar-refractivity contribution in [3.05, 3.63) is 66.2 Å². The van der Waals surface area contributed by atoms with Crippen molar-refractivity contribution in [2.75, 3.05) is 0 Å². The molecule has 0 unspecified atom stereocenters. The highest BCUT2D eigenvalue weighted by molar-refractivity contribution is 5.82. The second-order valence-electron chi connectivity index (χ2n) is 6.44. The van der Waals surface area contributed by atoms with E-state index in [0.717, 1.165) is 17.1 Å². The number of fused-ring (bicyclic) bond motifs is 1. The highest BCUT2D eigenvalue weighted by Gasteiger charge is 2.15. The highest BCUT2D eigenvalue weighted by Crippen LogP contribution is 2.29. The summed E-state index contributed by atoms with van der Waals surface area (Å²) in [5, 5.41) is 1.26. The molecule has 1 aliphatic carbocycles. The predicted molar refractivity (Wildman–Crippen MR) is 92.8 cm³/mol. The summed E-state index contributed by atoms with van der Waals surface area (Å²) in [6, 6.07) is 21.5. The number of hydrogen-bond donors (Lipinski definition) is 0. The molecule has 1 fully saturated rings. The molecule has 3 aromatic rings. The molecule has 1 aromatic heterocycles. The van der Waals surface area contributed by atoms with Gasteiger partial charge in [-0.3, -0.25) is 0 Å². The van der Waals surface area contributed by atoms with Gasteiger partial charge in [-0.05, 0) is 36.1 Å². The summed E-state index contributed by atoms with van der Waals surface area (Å²) in [7, 11) is 0. The lowest BCUT2D eigenvalue weighted by molar-refractivity contribution is 0.547. The van der Waals surface area contributed by atoms with Crippen molar-refractivity contribution in [2.24, 2.45) is 5.92 Å². The first-order chi connectivity index (χ1) is 10.9. The number of pyridine rings is 1. The minimum atomic E-state index is 0.897. The SMILES string of the molecule is c1ccc(-c2ccc3cc(CC4CCCC4)ccc3n2)cc1. The molecule has 1 heterocycles. The van der Waals surface area contributed by atoms with Crippen LogP contribution in [0.5, 0.6) is 0 Å². The molecule has 22 heavy (non-hydrogen) atoms. The number of nitrogens with zero attached hydrogens (tertiary/aromatic N) is 1. The van der Waals surface area contributed by atoms with Gasteiger partial charge in [-0.15, -0.1) is 0 Å². The Kier molecular flexibility index (Phi) is 3.64. The standard InChI is InChI=1S/C21H21N/c1-2-8-18(9-3-1)20-13-11-19-15-17(10-12-21(19)22-20)14-16-6-4-5-7-16/h1-3,8-13,15-16H,4-7,14H2. The summed E-state index contributed by atoms with van der Waals surface area (Å²) in [4.78, 5) is 4.82. The van der Waals surface area contributed by atoms with Crippen molar-refractivity contribution in [1.82, 2.24) is 4.98 Å². The van der Waals surface area contributed by atoms with Crippen LogP contribution in [0.4, 0.5) is 0 Å². The third-order valence-corrected chi connectivity index (χ3v) is 4.82. The van der Waals surface area contributed by atoms with Crippen LogP contribution in [-0.4, -0.2) is 4.98 Å². The van der Waals surface area contributed by atoms with Gasteiger partial charge in [0.05, 0.1) is 11.2 Å². The van der Waals surface area contributed by atoms with Gasteiger partial charge in [0.1, 0.15) is 0 Å². The molecule has 0 amide bonds. The molecule has 1 aliphatic rings. The van der Waals surface area contributed by atoms with Gasteiger partial charge in [-0.1, -0.05) is 68.1 Å². The van der Waals surface area contributed by atoms with Gasteiger partial charge in [0, 0.05) is 10.9 Å². The summed E-state index contributed by atoms with van der Waals surface area (Å²) in [6.07, 6.45) is 6.88. The first-order valence-electron chi connectivity index (χ1n) is 8.33. The fourth-order valence-corrected chi connectivity index (χ4v) is 3.62. The molecular weight excluding hydrogens is 266 g/mol. The Balaban J connectivity index is 1.64. The number of hydrogen-bond acceptors (Lipinski definition) is 1. The summed E-state index contributed by atoms with van der Waals surface area (Å²) in [5.74, 6) is 0.897. The number of benzene rings is 2. The minimum absolute atomic E-state index is 0.897. The van der Waals surface area contributed by atoms with Crippen LogP contribution in [0.1, 0.15) is 31.2 Å². The molecule has 1 saturated carbocycles. The lowest BCUT2D eigenvalue weighted by Gasteiger charge is -2.10. The molecule has 110 valence electrons. The molecule has 1 nitrogen and oxygen atoms in total. The maximum absolute atomic E-state index is 4.82. The van der Waals surface area contributed by atoms with Gasteiger partial charge in [0.2, 0.25) is 0 Å². The van der Waals surface area contributed by atoms with Crippen molar-refractivity contribution in [2.45, 2.75) is 32.1 Å². The van der Waals surface area contributed by atoms with Crippen molar-refractivity contribution in [3.63, 3.8) is 0 Å². The smallest absolute Gasteiger partial charge is 0.0709 e. The summed E-state index contributed by atoms with van der Waals surface area (Å²) in [6.45, 7) is 0. The van der Waals surface area contributed by atoms with Crippen LogP contribution in [0.25, 0.3) is 22.2 Å². The summed E-state index contributed by atoms with van der Waals surface area (Å²) < 4.78 is 0. The summed E-state index contributed by atoms with van der Waals surface area (Å²) in [5.41, 5.74) is 4.79. The fraction of sp³-hybridized carbons (Fsp3) is 0.286. The van der Waals surface area contributed by atoms with E-state index in [1.54, 1.807) is 0 Å². The molecule has 0 atom stereocenters. The van der Waals surface area contributed by atoms with Crippen LogP contribution >= 0.6 is 0 Å². The molecule has 0 radical (unpaired) electrons. The van der Waals surface area contributed by atoms with Gasteiger partial charge in [0.25, 0.3) is 0 Å². The van der Waals surface area contributed by atoms with Crippen molar-refractivity contribution in [3.8, 4) is 11.3 Å². The Labute approximate surface area is 132 Å². The van der Waals surface area contributed by atoms with E-state index in [1.165, 1.54) is 48.6 Å². The molecule has 0 N–H and O–H groups in total. The minimum Gasteiger partial charge on any atom is -0.248 e. The van der Waals surface area contributed by atoms with Gasteiger partial charge < -0.3 is 0 Å². The third-order valence-electron chi connectivity index (χ3n) is 4.82. The Morgan fingerprint density at radius 2 is 1.68 bits per heavy atom. The van der Waals surface area contributed by atoms with Crippen LogP contribution in [-0.2, 0) is 6.42 Å². The quantitative estimate of drug-likeness (QED) is 0.608. The summed E-state index contributed by atoms with van der Waals surface area (Å²) >= 11 is 0. The predicted octanol–water partition coefficient (Wildman–Crippen LogP) is 5.63. The zero-order valence-electron chi connectivity index (χ0n) is 12.8. The van der Waals surface area contributed by atoms with Gasteiger partial charge in [-0.25, -0.2) is 4.98 Å². The Morgan fingerprint density at radius 1 is 0.864 bits per heavy atom. The average Bonchev–Trinajstić information content (AvgIpc) is 3.08. The van der Waals surface area contributed by atoms with Crippen LogP contribution in [0.3, 0.4) is 0 Å². The molecule has 4 rings (SSSR count). The third kappa shape index (κ3) is 2.76. The molecule has 0 aliphatic heterocycles. The van der Waals surface area contributed by atoms with E-state index in [0.29, 0.717) is 0 Å². The zero-order chi connectivity index (χ0) is 14.8. The van der Waals surface area contributed by atoms with E-state index >= 15 is 0 Å². The van der Waals surface area contributed by atoms with Gasteiger partial charge >= 0.3 is 0 Å². The zero-order valence-corrected chi connectivity index (χ0v) is 12.8. The van der Waals surface area contributed by atoms with E-state index in [4.69, 9.17) is 4.98 Å². The maximum Gasteiger partial charge on any atom is 0.0709 e. The normalized spacial score (nSPS) is 15.5. The van der Waals surface area contributed by atoms with E-state index in [2.05, 4.69) is 54.6 Å². The molecule has 2 aromatic carbocycles. The Hall–Kier alpha value is -2.15. The van der Waals surface area contributed by atoms with E-state index in [-0.39, 0.29) is 0 Å². The largest absolute Gasteiger partial charge is 0.248 e. The van der Waals surface area contributed by atoms with E-state index in [1.807, 2.05) is 6.07 Å². The topological polar surface area (TPSA) is 12.9 Å². The maximum atomic E-state index is 4.82. The molecule has 0 spiro atoms. The first-order valence-corrected chi connectivity index (χ1v) is 8.33. The Bertz CT molecular complexity index is 770. The van der Waals surface area contributed by atoms with Crippen LogP contribution in [0, 0.1) is 5.92 Å². The second kappa shape index (κ2) is 5.92. The fourth-order valence-electron chi connectivity index (χ4n) is 3.62. The molecular formula is C21H21N. The van der Waals surface area contributed by atoms with E-state index in [9.17, 15) is 0 Å². The molecule has 0 saturated heterocycles. The van der Waals surface area contributed by atoms with Gasteiger partial charge in [0.15, 0.2) is 0 Å². The molecule has 1 heteroatoms. The van der Waals surface area contributed by atoms with Gasteiger partial charge in [-0.2, -0.15) is 0 Å². The number of aromatic nitrogens is 1. The highest BCUT2D eigenvalue weighted by atomic mass is 14.7. The number of rotatable bonds is 3. The van der Waals surface area contributed by atoms with Crippen LogP contribution in [0.2, 0.25) is 0 Å². The Morgan fingerprint density at radius 3 is 2.50 bits per heavy atom. The lowest BCUT2D eigenvalue weighted by Crippen LogP contribution is -1.98. The monoisotopic (exact) mass is 287 g/mol. The first kappa shape index (κ1) is 13.5. The molecule has 0 bridgehead atoms. The van der Waals surface area contributed by atoms with E-state index < -0.39 is 0 Å². The van der Waals surface area contributed by atoms with Crippen molar-refractivity contribution >= 4 is 10.9 Å². The van der Waals surface area contributed by atoms with Crippen LogP contribution < -0.4 is 0 Å². The second-order valence-corrected chi connectivity index (χ2v) is 6.44.